The van der Waals surface area contributed by atoms with Gasteiger partial charge in [0.2, 0.25) is 5.91 Å². The van der Waals surface area contributed by atoms with Crippen LogP contribution in [-0.4, -0.2) is 32.3 Å². The number of methoxy groups -OCH3 is 1. The van der Waals surface area contributed by atoms with E-state index < -0.39 is 18.6 Å². The third-order valence-corrected chi connectivity index (χ3v) is 4.49. The Hall–Kier alpha value is -2.77. The van der Waals surface area contributed by atoms with Crippen LogP contribution in [-0.2, 0) is 17.6 Å². The van der Waals surface area contributed by atoms with Crippen molar-refractivity contribution in [2.45, 2.75) is 25.4 Å². The molecule has 0 atom stereocenters. The summed E-state index contributed by atoms with van der Waals surface area (Å²) in [6.07, 6.45) is -3.21. The van der Waals surface area contributed by atoms with Crippen molar-refractivity contribution in [1.82, 2.24) is 0 Å². The third kappa shape index (κ3) is 4.74. The second-order valence-electron chi connectivity index (χ2n) is 6.46. The maximum absolute atomic E-state index is 13.5. The summed E-state index contributed by atoms with van der Waals surface area (Å²) in [6.45, 7) is -0.905. The molecule has 8 heteroatoms. The van der Waals surface area contributed by atoms with Crippen molar-refractivity contribution >= 4 is 11.6 Å². The molecule has 3 rings (SSSR count). The number of nitrogens with zero attached hydrogens (tertiary/aromatic N) is 1. The molecule has 1 aliphatic rings. The highest BCUT2D eigenvalue weighted by molar-refractivity contribution is 5.95. The van der Waals surface area contributed by atoms with Crippen LogP contribution in [0, 0.1) is 5.82 Å². The Morgan fingerprint density at radius 3 is 2.64 bits per heavy atom. The minimum Gasteiger partial charge on any atom is -0.493 e. The van der Waals surface area contributed by atoms with E-state index >= 15 is 0 Å². The number of fused-ring (bicyclic) bond motifs is 1. The Kier molecular flexibility index (Phi) is 5.76. The molecule has 0 N–H and O–H groups in total. The number of alkyl halides is 3. The molecule has 0 saturated carbocycles. The molecule has 2 aromatic rings. The van der Waals surface area contributed by atoms with E-state index in [0.717, 1.165) is 11.1 Å². The zero-order valence-corrected chi connectivity index (χ0v) is 15.2. The fraction of sp³-hybridized carbons (Fsp3) is 0.350. The molecule has 150 valence electrons. The average molecular weight is 397 g/mol. The van der Waals surface area contributed by atoms with Crippen molar-refractivity contribution < 1.29 is 31.8 Å². The molecule has 28 heavy (non-hydrogen) atoms. The summed E-state index contributed by atoms with van der Waals surface area (Å²) in [4.78, 5) is 14.1. The smallest absolute Gasteiger partial charge is 0.422 e. The summed E-state index contributed by atoms with van der Waals surface area (Å²) in [7, 11) is 1.33. The highest BCUT2D eigenvalue weighted by atomic mass is 19.4. The second-order valence-corrected chi connectivity index (χ2v) is 6.46. The number of halogens is 4. The number of hydrogen-bond donors (Lipinski definition) is 0. The molecule has 0 saturated heterocycles. The molecule has 0 spiro atoms. The fourth-order valence-electron chi connectivity index (χ4n) is 3.14. The summed E-state index contributed by atoms with van der Waals surface area (Å²) >= 11 is 0. The lowest BCUT2D eigenvalue weighted by atomic mass is 10.1. The number of aryl methyl sites for hydroxylation is 1. The van der Waals surface area contributed by atoms with Crippen molar-refractivity contribution in [3.63, 3.8) is 0 Å². The summed E-state index contributed by atoms with van der Waals surface area (Å²) in [5.41, 5.74) is 2.25. The first-order chi connectivity index (χ1) is 13.3. The third-order valence-electron chi connectivity index (χ3n) is 4.49. The first kappa shape index (κ1) is 20.0. The second kappa shape index (κ2) is 8.08. The molecule has 2 aromatic carbocycles. The maximum Gasteiger partial charge on any atom is 0.422 e. The van der Waals surface area contributed by atoms with Gasteiger partial charge < -0.3 is 14.4 Å². The molecule has 0 radical (unpaired) electrons. The van der Waals surface area contributed by atoms with Crippen molar-refractivity contribution in [3.8, 4) is 11.5 Å². The summed E-state index contributed by atoms with van der Waals surface area (Å²) < 4.78 is 60.2. The Morgan fingerprint density at radius 2 is 1.93 bits per heavy atom. The average Bonchev–Trinajstić information content (AvgIpc) is 3.07. The number of ether oxygens (including phenoxy) is 2. The van der Waals surface area contributed by atoms with Gasteiger partial charge in [-0.15, -0.1) is 0 Å². The SMILES string of the molecule is COc1cc(CCC(=O)N2CCc3ccc(F)cc32)ccc1OCC(F)(F)F. The largest absolute Gasteiger partial charge is 0.493 e. The van der Waals surface area contributed by atoms with Crippen molar-refractivity contribution in [2.24, 2.45) is 0 Å². The molecular formula is C20H19F4NO3. The first-order valence-corrected chi connectivity index (χ1v) is 8.72. The van der Waals surface area contributed by atoms with Crippen LogP contribution >= 0.6 is 0 Å². The molecule has 0 aromatic heterocycles. The lowest BCUT2D eigenvalue weighted by Gasteiger charge is -2.18. The first-order valence-electron chi connectivity index (χ1n) is 8.72. The highest BCUT2D eigenvalue weighted by Crippen LogP contribution is 2.31. The van der Waals surface area contributed by atoms with Gasteiger partial charge >= 0.3 is 6.18 Å². The van der Waals surface area contributed by atoms with Crippen LogP contribution in [0.25, 0.3) is 0 Å². The monoisotopic (exact) mass is 397 g/mol. The molecule has 0 bridgehead atoms. The van der Waals surface area contributed by atoms with Gasteiger partial charge in [-0.1, -0.05) is 12.1 Å². The van der Waals surface area contributed by atoms with Gasteiger partial charge in [0.25, 0.3) is 0 Å². The van der Waals surface area contributed by atoms with E-state index in [4.69, 9.17) is 9.47 Å². The molecule has 1 aliphatic heterocycles. The number of amides is 1. The summed E-state index contributed by atoms with van der Waals surface area (Å²) in [6, 6.07) is 8.96. The van der Waals surface area contributed by atoms with Gasteiger partial charge in [0.1, 0.15) is 5.82 Å². The fourth-order valence-corrected chi connectivity index (χ4v) is 3.14. The van der Waals surface area contributed by atoms with Crippen molar-refractivity contribution in [1.29, 1.82) is 0 Å². The number of anilines is 1. The molecule has 0 unspecified atom stereocenters. The lowest BCUT2D eigenvalue weighted by Crippen LogP contribution is -2.29. The van der Waals surface area contributed by atoms with Gasteiger partial charge in [-0.2, -0.15) is 13.2 Å². The lowest BCUT2D eigenvalue weighted by molar-refractivity contribution is -0.153. The van der Waals surface area contributed by atoms with Crippen LogP contribution in [0.5, 0.6) is 11.5 Å². The molecule has 1 amide bonds. The van der Waals surface area contributed by atoms with Gasteiger partial charge in [-0.25, -0.2) is 4.39 Å². The summed E-state index contributed by atoms with van der Waals surface area (Å²) in [5.74, 6) is -0.375. The Labute approximate surface area is 159 Å². The van der Waals surface area contributed by atoms with E-state index in [0.29, 0.717) is 25.1 Å². The van der Waals surface area contributed by atoms with Crippen LogP contribution in [0.15, 0.2) is 36.4 Å². The zero-order chi connectivity index (χ0) is 20.3. The Morgan fingerprint density at radius 1 is 1.14 bits per heavy atom. The quantitative estimate of drug-likeness (QED) is 0.683. The Bertz CT molecular complexity index is 867. The van der Waals surface area contributed by atoms with Crippen molar-refractivity contribution in [2.75, 3.05) is 25.2 Å². The zero-order valence-electron chi connectivity index (χ0n) is 15.2. The van der Waals surface area contributed by atoms with E-state index in [1.165, 1.54) is 25.3 Å². The molecular weight excluding hydrogens is 378 g/mol. The van der Waals surface area contributed by atoms with Crippen LogP contribution < -0.4 is 14.4 Å². The van der Waals surface area contributed by atoms with Crippen LogP contribution in [0.2, 0.25) is 0 Å². The van der Waals surface area contributed by atoms with E-state index in [-0.39, 0.29) is 23.8 Å². The van der Waals surface area contributed by atoms with Gasteiger partial charge in [0.05, 0.1) is 7.11 Å². The van der Waals surface area contributed by atoms with E-state index in [1.807, 2.05) is 0 Å². The molecule has 0 aliphatic carbocycles. The standard InChI is InChI=1S/C20H19F4NO3/c1-27-18-10-13(2-6-17(18)28-12-20(22,23)24)3-7-19(26)25-9-8-14-4-5-15(21)11-16(14)25/h2,4-6,10-11H,3,7-9,12H2,1H3. The predicted molar refractivity (Wildman–Crippen MR) is 95.3 cm³/mol. The number of carbonyl (C=O) groups is 1. The van der Waals surface area contributed by atoms with Gasteiger partial charge in [0, 0.05) is 18.7 Å². The van der Waals surface area contributed by atoms with E-state index in [2.05, 4.69) is 0 Å². The highest BCUT2D eigenvalue weighted by Gasteiger charge is 2.29. The molecule has 4 nitrogen and oxygen atoms in total. The molecule has 1 heterocycles. The minimum absolute atomic E-state index is 0.0150. The van der Waals surface area contributed by atoms with Gasteiger partial charge in [-0.3, -0.25) is 4.79 Å². The van der Waals surface area contributed by atoms with Crippen LogP contribution in [0.4, 0.5) is 23.2 Å². The maximum atomic E-state index is 13.5. The van der Waals surface area contributed by atoms with Crippen LogP contribution in [0.3, 0.4) is 0 Å². The Balaban J connectivity index is 1.63. The van der Waals surface area contributed by atoms with Crippen LogP contribution in [0.1, 0.15) is 17.5 Å². The minimum atomic E-state index is -4.44. The predicted octanol–water partition coefficient (Wildman–Crippen LogP) is 4.30. The topological polar surface area (TPSA) is 38.8 Å². The molecule has 0 fully saturated rings. The van der Waals surface area contributed by atoms with E-state index in [9.17, 15) is 22.4 Å². The van der Waals surface area contributed by atoms with Gasteiger partial charge in [-0.05, 0) is 48.2 Å². The number of rotatable bonds is 6. The van der Waals surface area contributed by atoms with E-state index in [1.54, 1.807) is 23.1 Å². The number of carbonyl (C=O) groups excluding carboxylic acids is 1. The normalized spacial score (nSPS) is 13.4. The number of benzene rings is 2. The number of hydrogen-bond acceptors (Lipinski definition) is 3. The van der Waals surface area contributed by atoms with Gasteiger partial charge in [0.15, 0.2) is 18.1 Å². The summed E-state index contributed by atoms with van der Waals surface area (Å²) in [5, 5.41) is 0. The van der Waals surface area contributed by atoms with Crippen molar-refractivity contribution in [3.05, 3.63) is 53.3 Å².